The third-order valence-electron chi connectivity index (χ3n) is 15.7. The third kappa shape index (κ3) is 20.3. The Morgan fingerprint density at radius 3 is 1.54 bits per heavy atom. The number of hydrogen-bond donors (Lipinski definition) is 14. The van der Waals surface area contributed by atoms with Crippen LogP contribution in [0.5, 0.6) is 0 Å². The smallest absolute Gasteiger partial charge is 0.329 e. The van der Waals surface area contributed by atoms with Gasteiger partial charge in [0.15, 0.2) is 0 Å². The summed E-state index contributed by atoms with van der Waals surface area (Å²) in [7, 11) is 1.60. The van der Waals surface area contributed by atoms with Crippen LogP contribution in [0.3, 0.4) is 0 Å². The van der Waals surface area contributed by atoms with E-state index in [1.807, 2.05) is 30.3 Å². The maximum absolute atomic E-state index is 14.3. The SMILES string of the molecule is CC[C@H](C)[C@H](NC(=O)[C@@H](Cc1ccccc1)NC)C(=O)N[C@@H](CO)C(=O)N[C@H](CCC(N)=O)C(=O)N[C@@H](C(=O)N[C@H](C(=O)N[C@@H](CO)C(=O)N[C@H]1C(=O)N[C@@H](C)C(=O)NC2(CC2)C(=O)N[C@@H]([C@@H](C)CC)C(=O)O[C@H]1C)[C@@H](C)CC)[C@@H](C)CC. The summed E-state index contributed by atoms with van der Waals surface area (Å²) in [6, 6.07) is -4.82. The van der Waals surface area contributed by atoms with Crippen LogP contribution in [0.15, 0.2) is 30.3 Å². The summed E-state index contributed by atoms with van der Waals surface area (Å²) < 4.78 is 5.68. The summed E-state index contributed by atoms with van der Waals surface area (Å²) in [6.45, 7) is 14.3. The quantitative estimate of drug-likeness (QED) is 0.0347. The molecule has 3 rings (SSSR count). The van der Waals surface area contributed by atoms with Gasteiger partial charge >= 0.3 is 5.97 Å². The number of carbonyl (C=O) groups excluding carboxylic acids is 12. The standard InChI is InChI=1S/C56H90N12O15/c1-12-28(5)40(64-47(74)36(58-11)25-34-19-17-16-18-20-34)50(77)61-37(26-69)48(75)60-35(21-22-39(57)71)46(73)63-42(30(7)14-3)52(79)65-41(29(6)13-2)51(78)62-38(27-70)49(76)66-44-33(10)83-54(81)43(31(8)15-4)67-55(82)56(23-24-56)68-45(72)32(9)59-53(44)80/h16-20,28-33,35-38,40-44,58,69-70H,12-15,21-27H2,1-11H3,(H2,57,71)(H,59,80)(H,60,75)(H,61,77)(H,62,78)(H,63,73)(H,64,74)(H,65,79)(H,66,76)(H,67,82)(H,68,72)/t28-,29-,30-,31-,32-,33-,35+,36+,37-,38-,40-,41-,42+,43-,44+/m0/s1. The Hall–Kier alpha value is -7.26. The molecule has 1 aromatic carbocycles. The molecule has 1 spiro atoms. The van der Waals surface area contributed by atoms with Gasteiger partial charge in [-0.05, 0) is 75.8 Å². The minimum atomic E-state index is -1.80. The van der Waals surface area contributed by atoms with Crippen molar-refractivity contribution in [1.82, 2.24) is 58.5 Å². The number of hydrogen-bond acceptors (Lipinski definition) is 16. The van der Waals surface area contributed by atoms with Gasteiger partial charge in [-0.15, -0.1) is 0 Å². The topological polar surface area (TPSA) is 413 Å². The molecule has 0 bridgehead atoms. The molecule has 1 heterocycles. The van der Waals surface area contributed by atoms with Crippen LogP contribution >= 0.6 is 0 Å². The van der Waals surface area contributed by atoms with E-state index in [4.69, 9.17) is 10.5 Å². The molecule has 27 nitrogen and oxygen atoms in total. The van der Waals surface area contributed by atoms with Crippen molar-refractivity contribution in [2.75, 3.05) is 20.3 Å². The van der Waals surface area contributed by atoms with Gasteiger partial charge in [-0.3, -0.25) is 52.7 Å². The Morgan fingerprint density at radius 2 is 1.08 bits per heavy atom. The van der Waals surface area contributed by atoms with Crippen LogP contribution in [0.1, 0.15) is 126 Å². The molecule has 1 saturated heterocycles. The highest BCUT2D eigenvalue weighted by molar-refractivity contribution is 6.01. The number of nitrogens with two attached hydrogens (primary N) is 1. The van der Waals surface area contributed by atoms with Crippen molar-refractivity contribution in [3.63, 3.8) is 0 Å². The monoisotopic (exact) mass is 1170 g/mol. The number of aliphatic hydroxyl groups is 2. The number of rotatable bonds is 30. The van der Waals surface area contributed by atoms with Crippen molar-refractivity contribution in [1.29, 1.82) is 0 Å². The lowest BCUT2D eigenvalue weighted by molar-refractivity contribution is -0.157. The molecule has 1 aliphatic heterocycles. The fourth-order valence-electron chi connectivity index (χ4n) is 8.94. The van der Waals surface area contributed by atoms with E-state index in [2.05, 4.69) is 58.5 Å². The molecular weight excluding hydrogens is 1080 g/mol. The minimum absolute atomic E-state index is 0.268. The van der Waals surface area contributed by atoms with E-state index in [1.165, 1.54) is 13.8 Å². The number of amides is 11. The zero-order chi connectivity index (χ0) is 62.5. The number of likely N-dealkylation sites (N-methyl/N-ethyl adjacent to an activating group) is 1. The van der Waals surface area contributed by atoms with E-state index in [-0.39, 0.29) is 25.7 Å². The normalized spacial score (nSPS) is 21.9. The predicted molar refractivity (Wildman–Crippen MR) is 302 cm³/mol. The van der Waals surface area contributed by atoms with Gasteiger partial charge in [-0.1, -0.05) is 111 Å². The number of carbonyl (C=O) groups is 12. The summed E-state index contributed by atoms with van der Waals surface area (Å²) in [5, 5.41) is 49.3. The largest absolute Gasteiger partial charge is 0.458 e. The Balaban J connectivity index is 1.83. The molecule has 464 valence electrons. The average molecular weight is 1170 g/mol. The first kappa shape index (κ1) is 70.0. The van der Waals surface area contributed by atoms with Crippen molar-refractivity contribution in [3.8, 4) is 0 Å². The predicted octanol–water partition coefficient (Wildman–Crippen LogP) is -2.77. The van der Waals surface area contributed by atoms with E-state index in [9.17, 15) is 67.7 Å². The van der Waals surface area contributed by atoms with Crippen molar-refractivity contribution in [2.45, 2.75) is 199 Å². The van der Waals surface area contributed by atoms with Gasteiger partial charge in [-0.25, -0.2) is 4.79 Å². The first-order valence-corrected chi connectivity index (χ1v) is 28.6. The van der Waals surface area contributed by atoms with E-state index >= 15 is 0 Å². The number of esters is 1. The fourth-order valence-corrected chi connectivity index (χ4v) is 8.94. The van der Waals surface area contributed by atoms with Crippen molar-refractivity contribution in [3.05, 3.63) is 35.9 Å². The summed E-state index contributed by atoms with van der Waals surface area (Å²) in [6.07, 6.45) is -0.0293. The highest BCUT2D eigenvalue weighted by atomic mass is 16.5. The van der Waals surface area contributed by atoms with Gasteiger partial charge in [-0.2, -0.15) is 0 Å². The van der Waals surface area contributed by atoms with E-state index < -0.39 is 193 Å². The number of aliphatic hydroxyl groups excluding tert-OH is 2. The highest BCUT2D eigenvalue weighted by Gasteiger charge is 2.53. The summed E-state index contributed by atoms with van der Waals surface area (Å²) in [5.74, 6) is -12.7. The fraction of sp³-hybridized carbons (Fsp3) is 0.679. The van der Waals surface area contributed by atoms with Gasteiger partial charge in [0.25, 0.3) is 0 Å². The molecule has 0 unspecified atom stereocenters. The van der Waals surface area contributed by atoms with Crippen LogP contribution in [0.25, 0.3) is 0 Å². The van der Waals surface area contributed by atoms with Gasteiger partial charge in [0.2, 0.25) is 65.0 Å². The Bertz CT molecular complexity index is 2450. The Morgan fingerprint density at radius 1 is 0.627 bits per heavy atom. The van der Waals surface area contributed by atoms with Gasteiger partial charge in [0, 0.05) is 6.42 Å². The molecule has 1 aromatic rings. The third-order valence-corrected chi connectivity index (χ3v) is 15.7. The van der Waals surface area contributed by atoms with Gasteiger partial charge < -0.3 is 79.2 Å². The number of primary amides is 1. The lowest BCUT2D eigenvalue weighted by Gasteiger charge is -2.31. The number of benzene rings is 1. The van der Waals surface area contributed by atoms with E-state index in [0.717, 1.165) is 5.56 Å². The molecule has 11 amide bonds. The number of cyclic esters (lactones) is 1. The second kappa shape index (κ2) is 33.1. The Kier molecular flexibility index (Phi) is 28.0. The summed E-state index contributed by atoms with van der Waals surface area (Å²) >= 11 is 0. The molecule has 1 saturated carbocycles. The maximum atomic E-state index is 14.3. The van der Waals surface area contributed by atoms with Gasteiger partial charge in [0.1, 0.15) is 66.0 Å². The highest BCUT2D eigenvalue weighted by Crippen LogP contribution is 2.36. The first-order valence-electron chi connectivity index (χ1n) is 28.6. The molecule has 0 radical (unpaired) electrons. The molecular formula is C56H90N12O15. The second-order valence-corrected chi connectivity index (χ2v) is 22.0. The van der Waals surface area contributed by atoms with Crippen molar-refractivity contribution < 1.29 is 72.5 Å². The van der Waals surface area contributed by atoms with Crippen LogP contribution in [0.2, 0.25) is 0 Å². The molecule has 2 fully saturated rings. The van der Waals surface area contributed by atoms with Crippen molar-refractivity contribution >= 4 is 70.9 Å². The average Bonchev–Trinajstić information content (AvgIpc) is 4.36. The molecule has 27 heteroatoms. The van der Waals surface area contributed by atoms with Crippen LogP contribution < -0.4 is 64.2 Å². The zero-order valence-electron chi connectivity index (χ0n) is 49.6. The van der Waals surface area contributed by atoms with Crippen LogP contribution in [0, 0.1) is 23.7 Å². The molecule has 15 atom stereocenters. The molecule has 1 aliphatic carbocycles. The van der Waals surface area contributed by atoms with E-state index in [1.54, 1.807) is 62.4 Å². The van der Waals surface area contributed by atoms with Crippen LogP contribution in [-0.4, -0.2) is 173 Å². The van der Waals surface area contributed by atoms with Gasteiger partial charge in [0.05, 0.1) is 19.3 Å². The maximum Gasteiger partial charge on any atom is 0.329 e. The second-order valence-electron chi connectivity index (χ2n) is 22.0. The molecule has 15 N–H and O–H groups in total. The summed E-state index contributed by atoms with van der Waals surface area (Å²) in [4.78, 5) is 164. The molecule has 83 heavy (non-hydrogen) atoms. The number of nitrogens with one attached hydrogen (secondary N) is 11. The zero-order valence-corrected chi connectivity index (χ0v) is 49.6. The molecule has 0 aromatic heterocycles. The van der Waals surface area contributed by atoms with E-state index in [0.29, 0.717) is 19.3 Å². The summed E-state index contributed by atoms with van der Waals surface area (Å²) in [5.41, 5.74) is 5.00. The number of ether oxygens (including phenoxy) is 1. The Labute approximate surface area is 485 Å². The lowest BCUT2D eigenvalue weighted by Crippen LogP contribution is -2.63. The lowest BCUT2D eigenvalue weighted by atomic mass is 9.94. The van der Waals surface area contributed by atoms with Crippen molar-refractivity contribution in [2.24, 2.45) is 29.4 Å². The van der Waals surface area contributed by atoms with Crippen LogP contribution in [-0.2, 0) is 68.7 Å². The van der Waals surface area contributed by atoms with Crippen LogP contribution in [0.4, 0.5) is 0 Å². The first-order chi connectivity index (χ1) is 39.1. The molecule has 2 aliphatic rings. The minimum Gasteiger partial charge on any atom is -0.458 e.